The molecule has 3 unspecified atom stereocenters. The number of amides is 1. The Morgan fingerprint density at radius 2 is 2.13 bits per heavy atom. The highest BCUT2D eigenvalue weighted by Crippen LogP contribution is 2.33. The fourth-order valence-corrected chi connectivity index (χ4v) is 3.66. The summed E-state index contributed by atoms with van der Waals surface area (Å²) in [6.07, 6.45) is 6.21. The average molecular weight is 311 g/mol. The summed E-state index contributed by atoms with van der Waals surface area (Å²) in [5.74, 6) is 0.568. The Morgan fingerprint density at radius 3 is 2.91 bits per heavy atom. The van der Waals surface area contributed by atoms with E-state index >= 15 is 0 Å². The molecule has 0 radical (unpaired) electrons. The van der Waals surface area contributed by atoms with E-state index in [1.165, 1.54) is 5.56 Å². The summed E-state index contributed by atoms with van der Waals surface area (Å²) in [6.45, 7) is 1.97. The topological polar surface area (TPSA) is 62.2 Å². The van der Waals surface area contributed by atoms with Gasteiger partial charge in [-0.15, -0.1) is 0 Å². The maximum atomic E-state index is 12.5. The lowest BCUT2D eigenvalue weighted by Gasteiger charge is -2.36. The predicted octanol–water partition coefficient (Wildman–Crippen LogP) is 0.949. The van der Waals surface area contributed by atoms with Crippen molar-refractivity contribution < 1.29 is 4.79 Å². The molecule has 6 heteroatoms. The number of fused-ring (bicyclic) bond motifs is 1. The summed E-state index contributed by atoms with van der Waals surface area (Å²) < 4.78 is 1.83. The second kappa shape index (κ2) is 6.14. The van der Waals surface area contributed by atoms with Gasteiger partial charge in [0.2, 0.25) is 5.91 Å². The van der Waals surface area contributed by atoms with Crippen LogP contribution in [0.25, 0.3) is 0 Å². The molecule has 23 heavy (non-hydrogen) atoms. The lowest BCUT2D eigenvalue weighted by molar-refractivity contribution is -0.133. The Morgan fingerprint density at radius 1 is 1.26 bits per heavy atom. The molecular formula is C17H21N5O. The Hall–Kier alpha value is -2.18. The second-order valence-corrected chi connectivity index (χ2v) is 6.31. The molecule has 1 aromatic heterocycles. The highest BCUT2D eigenvalue weighted by atomic mass is 16.2. The maximum absolute atomic E-state index is 12.5. The number of likely N-dealkylation sites (tertiary alicyclic amines) is 1. The van der Waals surface area contributed by atoms with E-state index in [2.05, 4.69) is 40.1 Å². The van der Waals surface area contributed by atoms with E-state index in [1.54, 1.807) is 12.5 Å². The molecule has 0 aliphatic carbocycles. The molecule has 120 valence electrons. The van der Waals surface area contributed by atoms with E-state index in [-0.39, 0.29) is 11.9 Å². The van der Waals surface area contributed by atoms with Gasteiger partial charge in [-0.25, -0.2) is 10.4 Å². The van der Waals surface area contributed by atoms with Crippen LogP contribution in [-0.4, -0.2) is 39.5 Å². The monoisotopic (exact) mass is 311 g/mol. The number of aromatic nitrogens is 2. The number of rotatable bonds is 3. The van der Waals surface area contributed by atoms with Crippen LogP contribution >= 0.6 is 0 Å². The van der Waals surface area contributed by atoms with Crippen LogP contribution in [0.5, 0.6) is 0 Å². The zero-order valence-electron chi connectivity index (χ0n) is 12.9. The molecule has 3 heterocycles. The number of hydrazine groups is 1. The van der Waals surface area contributed by atoms with E-state index in [0.717, 1.165) is 19.5 Å². The lowest BCUT2D eigenvalue weighted by Crippen LogP contribution is -2.48. The van der Waals surface area contributed by atoms with Crippen molar-refractivity contribution in [3.8, 4) is 0 Å². The third-order valence-corrected chi connectivity index (χ3v) is 4.90. The largest absolute Gasteiger partial charge is 0.341 e. The molecule has 1 aromatic carbocycles. The molecule has 2 aromatic rings. The Kier molecular flexibility index (Phi) is 3.85. The molecule has 6 nitrogen and oxygen atoms in total. The fourth-order valence-electron chi connectivity index (χ4n) is 3.66. The number of hydrogen-bond donors (Lipinski definition) is 2. The number of benzene rings is 1. The SMILES string of the molecule is O=C(Cn1ccnc1)N1CCC2NNC(c3ccccc3)C2C1. The Labute approximate surface area is 135 Å². The molecule has 2 aliphatic rings. The van der Waals surface area contributed by atoms with Crippen molar-refractivity contribution in [1.82, 2.24) is 25.3 Å². The summed E-state index contributed by atoms with van der Waals surface area (Å²) in [6, 6.07) is 11.1. The van der Waals surface area contributed by atoms with E-state index in [1.807, 2.05) is 21.7 Å². The van der Waals surface area contributed by atoms with Crippen molar-refractivity contribution in [3.63, 3.8) is 0 Å². The normalized spacial score (nSPS) is 27.0. The van der Waals surface area contributed by atoms with Crippen molar-refractivity contribution in [2.24, 2.45) is 5.92 Å². The quantitative estimate of drug-likeness (QED) is 0.886. The number of piperidine rings is 1. The van der Waals surface area contributed by atoms with Crippen LogP contribution in [0.2, 0.25) is 0 Å². The minimum Gasteiger partial charge on any atom is -0.341 e. The van der Waals surface area contributed by atoms with Crippen LogP contribution in [-0.2, 0) is 11.3 Å². The van der Waals surface area contributed by atoms with Gasteiger partial charge in [-0.2, -0.15) is 0 Å². The van der Waals surface area contributed by atoms with Gasteiger partial charge in [0.15, 0.2) is 0 Å². The first-order valence-corrected chi connectivity index (χ1v) is 8.11. The van der Waals surface area contributed by atoms with Crippen LogP contribution < -0.4 is 10.9 Å². The molecule has 1 amide bonds. The second-order valence-electron chi connectivity index (χ2n) is 6.31. The van der Waals surface area contributed by atoms with Crippen LogP contribution in [0.1, 0.15) is 18.0 Å². The molecular weight excluding hydrogens is 290 g/mol. The molecule has 0 bridgehead atoms. The van der Waals surface area contributed by atoms with Crippen molar-refractivity contribution in [2.45, 2.75) is 25.0 Å². The molecule has 4 rings (SSSR count). The standard InChI is InChI=1S/C17H21N5O/c23-16(11-21-9-7-18-12-21)22-8-6-15-14(10-22)17(20-19-15)13-4-2-1-3-5-13/h1-5,7,9,12,14-15,17,19-20H,6,8,10-11H2. The van der Waals surface area contributed by atoms with Crippen LogP contribution in [0, 0.1) is 5.92 Å². The zero-order chi connectivity index (χ0) is 15.6. The number of carbonyl (C=O) groups excluding carboxylic acids is 1. The van der Waals surface area contributed by atoms with Gasteiger partial charge in [-0.1, -0.05) is 30.3 Å². The number of nitrogens with zero attached hydrogens (tertiary/aromatic N) is 3. The first-order chi connectivity index (χ1) is 11.3. The number of nitrogens with one attached hydrogen (secondary N) is 2. The van der Waals surface area contributed by atoms with Crippen molar-refractivity contribution in [3.05, 3.63) is 54.6 Å². The van der Waals surface area contributed by atoms with Gasteiger partial charge in [0.05, 0.1) is 12.4 Å². The minimum absolute atomic E-state index is 0.167. The van der Waals surface area contributed by atoms with Gasteiger partial charge in [0.1, 0.15) is 6.54 Å². The number of hydrogen-bond acceptors (Lipinski definition) is 4. The highest BCUT2D eigenvalue weighted by Gasteiger charge is 2.41. The minimum atomic E-state index is 0.167. The Bertz CT molecular complexity index is 657. The smallest absolute Gasteiger partial charge is 0.242 e. The van der Waals surface area contributed by atoms with Gasteiger partial charge in [-0.3, -0.25) is 10.2 Å². The third-order valence-electron chi connectivity index (χ3n) is 4.90. The molecule has 2 saturated heterocycles. The Balaban J connectivity index is 1.46. The van der Waals surface area contributed by atoms with Gasteiger partial charge >= 0.3 is 0 Å². The first-order valence-electron chi connectivity index (χ1n) is 8.11. The fraction of sp³-hybridized carbons (Fsp3) is 0.412. The summed E-state index contributed by atoms with van der Waals surface area (Å²) in [5.41, 5.74) is 8.10. The summed E-state index contributed by atoms with van der Waals surface area (Å²) in [4.78, 5) is 18.5. The van der Waals surface area contributed by atoms with E-state index in [0.29, 0.717) is 18.5 Å². The predicted molar refractivity (Wildman–Crippen MR) is 86.2 cm³/mol. The first kappa shape index (κ1) is 14.4. The van der Waals surface area contributed by atoms with Crippen LogP contribution in [0.4, 0.5) is 0 Å². The molecule has 2 fully saturated rings. The van der Waals surface area contributed by atoms with Crippen LogP contribution in [0.3, 0.4) is 0 Å². The molecule has 0 spiro atoms. The van der Waals surface area contributed by atoms with Gasteiger partial charge in [0.25, 0.3) is 0 Å². The maximum Gasteiger partial charge on any atom is 0.242 e. The molecule has 3 atom stereocenters. The van der Waals surface area contributed by atoms with Gasteiger partial charge in [-0.05, 0) is 12.0 Å². The molecule has 0 saturated carbocycles. The molecule has 2 aliphatic heterocycles. The van der Waals surface area contributed by atoms with Gasteiger partial charge in [0, 0.05) is 37.4 Å². The lowest BCUT2D eigenvalue weighted by atomic mass is 9.85. The third kappa shape index (κ3) is 2.87. The van der Waals surface area contributed by atoms with Crippen molar-refractivity contribution in [1.29, 1.82) is 0 Å². The van der Waals surface area contributed by atoms with Crippen LogP contribution in [0.15, 0.2) is 49.1 Å². The highest BCUT2D eigenvalue weighted by molar-refractivity contribution is 5.76. The van der Waals surface area contributed by atoms with E-state index in [4.69, 9.17) is 0 Å². The van der Waals surface area contributed by atoms with Gasteiger partial charge < -0.3 is 9.47 Å². The summed E-state index contributed by atoms with van der Waals surface area (Å²) in [7, 11) is 0. The van der Waals surface area contributed by atoms with E-state index in [9.17, 15) is 4.79 Å². The average Bonchev–Trinajstić information content (AvgIpc) is 3.24. The summed E-state index contributed by atoms with van der Waals surface area (Å²) >= 11 is 0. The van der Waals surface area contributed by atoms with Crippen molar-refractivity contribution in [2.75, 3.05) is 13.1 Å². The van der Waals surface area contributed by atoms with Crippen molar-refractivity contribution >= 4 is 5.91 Å². The zero-order valence-corrected chi connectivity index (χ0v) is 12.9. The number of imidazole rings is 1. The van der Waals surface area contributed by atoms with E-state index < -0.39 is 0 Å². The number of carbonyl (C=O) groups is 1. The molecule has 2 N–H and O–H groups in total. The summed E-state index contributed by atoms with van der Waals surface area (Å²) in [5, 5.41) is 0.